The first kappa shape index (κ1) is 27.4. The molecule has 0 amide bonds. The van der Waals surface area contributed by atoms with E-state index in [1.807, 2.05) is 48.5 Å². The van der Waals surface area contributed by atoms with Crippen molar-refractivity contribution in [2.45, 2.75) is 26.5 Å². The van der Waals surface area contributed by atoms with Gasteiger partial charge in [-0.05, 0) is 60.9 Å². The number of allylic oxidation sites excluding steroid dienone is 1. The van der Waals surface area contributed by atoms with E-state index >= 15 is 0 Å². The lowest BCUT2D eigenvalue weighted by atomic mass is 9.96. The number of fused-ring (bicyclic) bond motifs is 1. The van der Waals surface area contributed by atoms with Crippen LogP contribution in [0.4, 0.5) is 0 Å². The highest BCUT2D eigenvalue weighted by Crippen LogP contribution is 2.32. The molecule has 0 aliphatic carbocycles. The zero-order valence-corrected chi connectivity index (χ0v) is 23.8. The van der Waals surface area contributed by atoms with Crippen LogP contribution in [0, 0.1) is 0 Å². The monoisotopic (exact) mass is 574 g/mol. The van der Waals surface area contributed by atoms with Crippen LogP contribution in [0.1, 0.15) is 36.6 Å². The summed E-state index contributed by atoms with van der Waals surface area (Å²) in [5.74, 6) is 0.646. The number of thiazole rings is 1. The number of benzene rings is 3. The predicted octanol–water partition coefficient (Wildman–Crippen LogP) is 5.04. The van der Waals surface area contributed by atoms with E-state index < -0.39 is 12.0 Å². The molecule has 0 fully saturated rings. The Hall–Kier alpha value is -4.14. The number of rotatable bonds is 8. The standard InChI is InChI=1S/C31H27ClN2O5S/c1-4-38-30(36)27-19(2)33-31-34(28(27)22-11-13-23(32)14-12-22)29(35)26(40-31)17-21-10-15-24(25(16-21)37-3)39-18-20-8-6-5-7-9-20/h5-17,28H,4,18H2,1-3H3/b26-17-/t28-/m1/s1. The highest BCUT2D eigenvalue weighted by molar-refractivity contribution is 7.07. The Bertz CT molecular complexity index is 1760. The van der Waals surface area contributed by atoms with Crippen LogP contribution < -0.4 is 24.4 Å². The SMILES string of the molecule is CCOC(=O)C1=C(C)N=c2s/c(=C\c3ccc(OCc4ccccc4)c(OC)c3)c(=O)n2[C@@H]1c1ccc(Cl)cc1. The van der Waals surface area contributed by atoms with E-state index in [2.05, 4.69) is 4.99 Å². The molecule has 4 aromatic rings. The average molecular weight is 575 g/mol. The number of carbonyl (C=O) groups excluding carboxylic acids is 1. The van der Waals surface area contributed by atoms with Crippen LogP contribution in [0.25, 0.3) is 6.08 Å². The van der Waals surface area contributed by atoms with Crippen molar-refractivity contribution in [1.82, 2.24) is 4.57 Å². The highest BCUT2D eigenvalue weighted by atomic mass is 35.5. The van der Waals surface area contributed by atoms with Crippen molar-refractivity contribution < 1.29 is 19.0 Å². The number of halogens is 1. The minimum Gasteiger partial charge on any atom is -0.493 e. The number of ether oxygens (including phenoxy) is 3. The molecule has 0 N–H and O–H groups in total. The molecule has 204 valence electrons. The van der Waals surface area contributed by atoms with E-state index in [1.165, 1.54) is 11.3 Å². The molecule has 7 nitrogen and oxygen atoms in total. The van der Waals surface area contributed by atoms with E-state index in [0.29, 0.717) is 43.7 Å². The largest absolute Gasteiger partial charge is 0.493 e. The Balaban J connectivity index is 1.55. The fraction of sp³-hybridized carbons (Fsp3) is 0.194. The molecule has 0 unspecified atom stereocenters. The molecule has 0 spiro atoms. The van der Waals surface area contributed by atoms with E-state index in [1.54, 1.807) is 55.9 Å². The molecule has 1 aromatic heterocycles. The first-order valence-corrected chi connectivity index (χ1v) is 13.9. The van der Waals surface area contributed by atoms with Crippen LogP contribution in [0.2, 0.25) is 5.02 Å². The zero-order valence-electron chi connectivity index (χ0n) is 22.2. The van der Waals surface area contributed by atoms with Gasteiger partial charge in [0.25, 0.3) is 5.56 Å². The molecule has 0 saturated heterocycles. The van der Waals surface area contributed by atoms with Gasteiger partial charge < -0.3 is 14.2 Å². The van der Waals surface area contributed by atoms with Crippen LogP contribution in [-0.4, -0.2) is 24.3 Å². The van der Waals surface area contributed by atoms with Crippen molar-refractivity contribution in [1.29, 1.82) is 0 Å². The lowest BCUT2D eigenvalue weighted by Crippen LogP contribution is -2.39. The van der Waals surface area contributed by atoms with Gasteiger partial charge in [0.2, 0.25) is 0 Å². The summed E-state index contributed by atoms with van der Waals surface area (Å²) in [5.41, 5.74) is 3.11. The van der Waals surface area contributed by atoms with Gasteiger partial charge in [-0.1, -0.05) is 71.5 Å². The Morgan fingerprint density at radius 2 is 1.82 bits per heavy atom. The number of carbonyl (C=O) groups is 1. The summed E-state index contributed by atoms with van der Waals surface area (Å²) in [6, 6.07) is 21.8. The fourth-order valence-electron chi connectivity index (χ4n) is 4.53. The van der Waals surface area contributed by atoms with Gasteiger partial charge in [0, 0.05) is 5.02 Å². The van der Waals surface area contributed by atoms with Crippen LogP contribution in [0.5, 0.6) is 11.5 Å². The molecule has 40 heavy (non-hydrogen) atoms. The second-order valence-corrected chi connectivity index (χ2v) is 10.5. The molecule has 0 saturated carbocycles. The second kappa shape index (κ2) is 11.9. The molecule has 5 rings (SSSR count). The zero-order chi connectivity index (χ0) is 28.2. The average Bonchev–Trinajstić information content (AvgIpc) is 3.26. The Morgan fingerprint density at radius 1 is 1.07 bits per heavy atom. The lowest BCUT2D eigenvalue weighted by molar-refractivity contribution is -0.139. The number of hydrogen-bond donors (Lipinski definition) is 0. The quantitative estimate of drug-likeness (QED) is 0.276. The van der Waals surface area contributed by atoms with Crippen LogP contribution in [-0.2, 0) is 16.1 Å². The van der Waals surface area contributed by atoms with E-state index in [-0.39, 0.29) is 12.2 Å². The molecule has 0 bridgehead atoms. The normalized spacial score (nSPS) is 14.9. The number of aromatic nitrogens is 1. The Morgan fingerprint density at radius 3 is 2.52 bits per heavy atom. The molecule has 3 aromatic carbocycles. The maximum atomic E-state index is 13.8. The topological polar surface area (TPSA) is 79.1 Å². The summed E-state index contributed by atoms with van der Waals surface area (Å²) in [5, 5.41) is 0.555. The summed E-state index contributed by atoms with van der Waals surface area (Å²) in [4.78, 5) is 31.9. The van der Waals surface area contributed by atoms with Gasteiger partial charge >= 0.3 is 5.97 Å². The van der Waals surface area contributed by atoms with Crippen molar-refractivity contribution in [2.24, 2.45) is 4.99 Å². The molecular weight excluding hydrogens is 548 g/mol. The predicted molar refractivity (Wildman–Crippen MR) is 156 cm³/mol. The number of esters is 1. The van der Waals surface area contributed by atoms with Gasteiger partial charge in [0.05, 0.1) is 35.6 Å². The van der Waals surface area contributed by atoms with Gasteiger partial charge in [-0.15, -0.1) is 0 Å². The first-order chi connectivity index (χ1) is 19.4. The maximum absolute atomic E-state index is 13.8. The molecule has 9 heteroatoms. The van der Waals surface area contributed by atoms with Crippen LogP contribution >= 0.6 is 22.9 Å². The molecule has 1 aliphatic rings. The van der Waals surface area contributed by atoms with Crippen molar-refractivity contribution in [3.63, 3.8) is 0 Å². The van der Waals surface area contributed by atoms with Crippen molar-refractivity contribution in [3.05, 3.63) is 125 Å². The molecule has 2 heterocycles. The van der Waals surface area contributed by atoms with Crippen LogP contribution in [0.3, 0.4) is 0 Å². The minimum absolute atomic E-state index is 0.209. The highest BCUT2D eigenvalue weighted by Gasteiger charge is 2.33. The summed E-state index contributed by atoms with van der Waals surface area (Å²) in [7, 11) is 1.58. The molecule has 1 atom stereocenters. The van der Waals surface area contributed by atoms with Crippen molar-refractivity contribution in [3.8, 4) is 11.5 Å². The van der Waals surface area contributed by atoms with E-state index in [9.17, 15) is 9.59 Å². The minimum atomic E-state index is -0.696. The smallest absolute Gasteiger partial charge is 0.338 e. The maximum Gasteiger partial charge on any atom is 0.338 e. The number of methoxy groups -OCH3 is 1. The third-order valence-electron chi connectivity index (χ3n) is 6.43. The van der Waals surface area contributed by atoms with Gasteiger partial charge in [-0.2, -0.15) is 0 Å². The van der Waals surface area contributed by atoms with Gasteiger partial charge in [-0.3, -0.25) is 9.36 Å². The Labute approximate surface area is 240 Å². The second-order valence-electron chi connectivity index (χ2n) is 9.04. The lowest BCUT2D eigenvalue weighted by Gasteiger charge is -2.24. The summed E-state index contributed by atoms with van der Waals surface area (Å²) >= 11 is 7.39. The van der Waals surface area contributed by atoms with Crippen LogP contribution in [0.15, 0.2) is 93.9 Å². The Kier molecular flexibility index (Phi) is 8.19. The third-order valence-corrected chi connectivity index (χ3v) is 7.66. The van der Waals surface area contributed by atoms with Gasteiger partial charge in [0.15, 0.2) is 16.3 Å². The molecule has 1 aliphatic heterocycles. The van der Waals surface area contributed by atoms with E-state index in [0.717, 1.165) is 16.7 Å². The van der Waals surface area contributed by atoms with Gasteiger partial charge in [-0.25, -0.2) is 9.79 Å². The molecule has 0 radical (unpaired) electrons. The number of nitrogens with zero attached hydrogens (tertiary/aromatic N) is 2. The van der Waals surface area contributed by atoms with Gasteiger partial charge in [0.1, 0.15) is 6.61 Å². The summed E-state index contributed by atoms with van der Waals surface area (Å²) in [6.45, 7) is 4.11. The first-order valence-electron chi connectivity index (χ1n) is 12.7. The van der Waals surface area contributed by atoms with Crippen molar-refractivity contribution >= 4 is 35.0 Å². The molecular formula is C31H27ClN2O5S. The summed E-state index contributed by atoms with van der Waals surface area (Å²) in [6.07, 6.45) is 1.79. The van der Waals surface area contributed by atoms with E-state index in [4.69, 9.17) is 25.8 Å². The summed E-state index contributed by atoms with van der Waals surface area (Å²) < 4.78 is 18.9. The fourth-order valence-corrected chi connectivity index (χ4v) is 5.70. The number of hydrogen-bond acceptors (Lipinski definition) is 7. The third kappa shape index (κ3) is 5.59. The van der Waals surface area contributed by atoms with Crippen molar-refractivity contribution in [2.75, 3.05) is 13.7 Å².